The molecule has 0 amide bonds. The Balaban J connectivity index is 0.000000181. The zero-order valence-electron chi connectivity index (χ0n) is 25.3. The number of benzene rings is 3. The Kier molecular flexibility index (Phi) is 9.50. The molecule has 2 unspecified atom stereocenters. The summed E-state index contributed by atoms with van der Waals surface area (Å²) in [5.74, 6) is 2.36. The van der Waals surface area contributed by atoms with E-state index in [2.05, 4.69) is 64.4 Å². The SMILES string of the molecule is COc1cc(C(F)(F)F)ccc1OC1[C@@H]2CC[C@H]1CN(Cc1ccccc1)C2.OC1[C@@H]2CC[C@H]1CN(Cc1ccccc1)C2. The highest BCUT2D eigenvalue weighted by Gasteiger charge is 2.44. The van der Waals surface area contributed by atoms with E-state index in [4.69, 9.17) is 9.47 Å². The Morgan fingerprint density at radius 2 is 1.16 bits per heavy atom. The van der Waals surface area contributed by atoms with Crippen LogP contribution in [0.3, 0.4) is 0 Å². The first kappa shape index (κ1) is 30.9. The van der Waals surface area contributed by atoms with Gasteiger partial charge in [0.25, 0.3) is 0 Å². The van der Waals surface area contributed by atoms with E-state index in [0.29, 0.717) is 29.4 Å². The van der Waals surface area contributed by atoms with Crippen molar-refractivity contribution >= 4 is 0 Å². The third-order valence-electron chi connectivity index (χ3n) is 9.93. The molecule has 3 aromatic rings. The standard InChI is InChI=1S/C22H24F3NO2.C14H19NO/c1-27-20-11-18(22(23,24)25)9-10-19(20)28-21-16-7-8-17(21)14-26(13-16)12-15-5-3-2-4-6-15;16-14-12-6-7-13(14)10-15(9-12)8-11-4-2-1-3-5-11/h2-6,9-11,16-17,21H,7-8,12-14H2,1H3;1-5,12-14,16H,6-10H2/t16-,17+,21?;12-,13+,14?. The summed E-state index contributed by atoms with van der Waals surface area (Å²) in [7, 11) is 1.37. The maximum Gasteiger partial charge on any atom is 0.416 e. The molecule has 2 saturated carbocycles. The molecule has 0 aromatic heterocycles. The topological polar surface area (TPSA) is 45.2 Å². The van der Waals surface area contributed by atoms with Crippen LogP contribution < -0.4 is 9.47 Å². The predicted molar refractivity (Wildman–Crippen MR) is 164 cm³/mol. The average Bonchev–Trinajstić information content (AvgIpc) is 3.36. The smallest absolute Gasteiger partial charge is 0.416 e. The van der Waals surface area contributed by atoms with Crippen molar-refractivity contribution < 1.29 is 27.8 Å². The first-order chi connectivity index (χ1) is 21.3. The monoisotopic (exact) mass is 608 g/mol. The fourth-order valence-electron chi connectivity index (χ4n) is 7.78. The van der Waals surface area contributed by atoms with Crippen molar-refractivity contribution in [1.29, 1.82) is 0 Å². The lowest BCUT2D eigenvalue weighted by atomic mass is 9.94. The number of likely N-dealkylation sites (tertiary alicyclic amines) is 2. The number of ether oxygens (including phenoxy) is 2. The van der Waals surface area contributed by atoms with Gasteiger partial charge in [0.15, 0.2) is 11.5 Å². The van der Waals surface area contributed by atoms with Gasteiger partial charge in [-0.3, -0.25) is 9.80 Å². The van der Waals surface area contributed by atoms with Crippen LogP contribution in [0.2, 0.25) is 0 Å². The Morgan fingerprint density at radius 3 is 1.64 bits per heavy atom. The molecule has 1 N–H and O–H groups in total. The van der Waals surface area contributed by atoms with E-state index in [1.54, 1.807) is 0 Å². The third kappa shape index (κ3) is 7.24. The molecule has 2 saturated heterocycles. The Labute approximate surface area is 258 Å². The number of alkyl halides is 3. The summed E-state index contributed by atoms with van der Waals surface area (Å²) in [5, 5.41) is 9.97. The van der Waals surface area contributed by atoms with Crippen molar-refractivity contribution in [3.05, 3.63) is 95.6 Å². The highest BCUT2D eigenvalue weighted by Crippen LogP contribution is 2.43. The van der Waals surface area contributed by atoms with Crippen molar-refractivity contribution in [2.75, 3.05) is 33.3 Å². The van der Waals surface area contributed by atoms with Crippen LogP contribution in [0.4, 0.5) is 13.2 Å². The largest absolute Gasteiger partial charge is 0.493 e. The van der Waals surface area contributed by atoms with Crippen molar-refractivity contribution in [3.8, 4) is 11.5 Å². The summed E-state index contributed by atoms with van der Waals surface area (Å²) in [6, 6.07) is 24.5. The van der Waals surface area contributed by atoms with Crippen LogP contribution in [-0.2, 0) is 19.3 Å². The number of aliphatic hydroxyl groups excluding tert-OH is 1. The van der Waals surface area contributed by atoms with Gasteiger partial charge in [0.05, 0.1) is 18.8 Å². The molecule has 5 nitrogen and oxygen atoms in total. The minimum atomic E-state index is -4.40. The van der Waals surface area contributed by atoms with E-state index < -0.39 is 11.7 Å². The molecule has 8 heteroatoms. The van der Waals surface area contributed by atoms with Crippen LogP contribution in [0.1, 0.15) is 42.4 Å². The Morgan fingerprint density at radius 1 is 0.682 bits per heavy atom. The van der Waals surface area contributed by atoms with Gasteiger partial charge in [-0.05, 0) is 66.8 Å². The first-order valence-corrected chi connectivity index (χ1v) is 15.9. The second-order valence-electron chi connectivity index (χ2n) is 13.0. The Hall–Kier alpha value is -3.07. The van der Waals surface area contributed by atoms with Gasteiger partial charge < -0.3 is 14.6 Å². The number of hydrogen-bond acceptors (Lipinski definition) is 5. The molecular weight excluding hydrogens is 565 g/mol. The van der Waals surface area contributed by atoms with E-state index >= 15 is 0 Å². The predicted octanol–water partition coefficient (Wildman–Crippen LogP) is 6.89. The lowest BCUT2D eigenvalue weighted by Crippen LogP contribution is -2.46. The molecule has 4 bridgehead atoms. The fourth-order valence-corrected chi connectivity index (χ4v) is 7.78. The highest BCUT2D eigenvalue weighted by atomic mass is 19.4. The van der Waals surface area contributed by atoms with Gasteiger partial charge in [-0.15, -0.1) is 0 Å². The number of hydrogen-bond donors (Lipinski definition) is 1. The van der Waals surface area contributed by atoms with Gasteiger partial charge in [0.2, 0.25) is 0 Å². The second kappa shape index (κ2) is 13.5. The van der Waals surface area contributed by atoms with Gasteiger partial charge in [-0.1, -0.05) is 60.7 Å². The first-order valence-electron chi connectivity index (χ1n) is 15.9. The minimum absolute atomic E-state index is 0.0213. The molecule has 0 spiro atoms. The van der Waals surface area contributed by atoms with Crippen LogP contribution in [0.15, 0.2) is 78.9 Å². The van der Waals surface area contributed by atoms with E-state index in [-0.39, 0.29) is 18.0 Å². The number of fused-ring (bicyclic) bond motifs is 4. The summed E-state index contributed by atoms with van der Waals surface area (Å²) >= 11 is 0. The van der Waals surface area contributed by atoms with Crippen molar-refractivity contribution in [2.45, 2.75) is 57.2 Å². The normalized spacial score (nSPS) is 28.3. The molecule has 4 fully saturated rings. The molecule has 44 heavy (non-hydrogen) atoms. The summed E-state index contributed by atoms with van der Waals surface area (Å²) < 4.78 is 50.2. The lowest BCUT2D eigenvalue weighted by Gasteiger charge is -2.38. The van der Waals surface area contributed by atoms with Crippen LogP contribution in [-0.4, -0.2) is 60.4 Å². The number of nitrogens with zero attached hydrogens (tertiary/aromatic N) is 2. The molecule has 2 aliphatic heterocycles. The summed E-state index contributed by atoms with van der Waals surface area (Å²) in [5.41, 5.74) is 1.96. The van der Waals surface area contributed by atoms with Gasteiger partial charge in [0.1, 0.15) is 6.10 Å². The molecule has 3 aromatic carbocycles. The van der Waals surface area contributed by atoms with Gasteiger partial charge in [-0.2, -0.15) is 13.2 Å². The number of piperidine rings is 2. The number of aliphatic hydroxyl groups is 1. The second-order valence-corrected chi connectivity index (χ2v) is 13.0. The fraction of sp³-hybridized carbons (Fsp3) is 0.500. The third-order valence-corrected chi connectivity index (χ3v) is 9.93. The van der Waals surface area contributed by atoms with E-state index in [1.807, 2.05) is 6.07 Å². The van der Waals surface area contributed by atoms with Crippen LogP contribution in [0.25, 0.3) is 0 Å². The molecule has 4 aliphatic rings. The maximum absolute atomic E-state index is 12.9. The van der Waals surface area contributed by atoms with Gasteiger partial charge in [-0.25, -0.2) is 0 Å². The lowest BCUT2D eigenvalue weighted by molar-refractivity contribution is -0.137. The quantitative estimate of drug-likeness (QED) is 0.317. The molecule has 2 aliphatic carbocycles. The summed E-state index contributed by atoms with van der Waals surface area (Å²) in [6.45, 7) is 6.00. The van der Waals surface area contributed by atoms with Crippen LogP contribution >= 0.6 is 0 Å². The van der Waals surface area contributed by atoms with Crippen molar-refractivity contribution in [1.82, 2.24) is 9.80 Å². The van der Waals surface area contributed by atoms with Crippen molar-refractivity contribution in [3.63, 3.8) is 0 Å². The highest BCUT2D eigenvalue weighted by molar-refractivity contribution is 5.44. The minimum Gasteiger partial charge on any atom is -0.493 e. The van der Waals surface area contributed by atoms with Gasteiger partial charge in [0, 0.05) is 51.1 Å². The van der Waals surface area contributed by atoms with E-state index in [9.17, 15) is 18.3 Å². The average molecular weight is 609 g/mol. The number of rotatable bonds is 7. The number of halogens is 3. The molecular formula is C36H43F3N2O3. The van der Waals surface area contributed by atoms with Crippen LogP contribution in [0, 0.1) is 23.7 Å². The molecule has 236 valence electrons. The Bertz CT molecular complexity index is 1330. The van der Waals surface area contributed by atoms with E-state index in [0.717, 1.165) is 64.2 Å². The van der Waals surface area contributed by atoms with Crippen molar-refractivity contribution in [2.24, 2.45) is 23.7 Å². The molecule has 7 rings (SSSR count). The van der Waals surface area contributed by atoms with Gasteiger partial charge >= 0.3 is 6.18 Å². The maximum atomic E-state index is 12.9. The zero-order chi connectivity index (χ0) is 30.7. The van der Waals surface area contributed by atoms with E-state index in [1.165, 1.54) is 37.1 Å². The molecule has 2 heterocycles. The molecule has 6 atom stereocenters. The number of methoxy groups -OCH3 is 1. The van der Waals surface area contributed by atoms with Crippen LogP contribution in [0.5, 0.6) is 11.5 Å². The molecule has 0 radical (unpaired) electrons. The zero-order valence-corrected chi connectivity index (χ0v) is 25.3. The summed E-state index contributed by atoms with van der Waals surface area (Å²) in [4.78, 5) is 4.96. The summed E-state index contributed by atoms with van der Waals surface area (Å²) in [6.07, 6.45) is 0.222.